The van der Waals surface area contributed by atoms with Gasteiger partial charge in [-0.1, -0.05) is 4.49 Å². The summed E-state index contributed by atoms with van der Waals surface area (Å²) in [5.74, 6) is -3.92. The van der Waals surface area contributed by atoms with E-state index in [-0.39, 0.29) is 12.2 Å². The SMILES string of the molecule is Fc1cc(NCc2csnn2)cc(F)c1F. The van der Waals surface area contributed by atoms with Crippen molar-refractivity contribution in [1.82, 2.24) is 9.59 Å². The lowest BCUT2D eigenvalue weighted by atomic mass is 10.3. The quantitative estimate of drug-likeness (QED) is 0.844. The molecule has 0 fully saturated rings. The molecule has 0 bridgehead atoms. The van der Waals surface area contributed by atoms with Gasteiger partial charge in [0, 0.05) is 23.2 Å². The zero-order chi connectivity index (χ0) is 11.5. The van der Waals surface area contributed by atoms with Crippen LogP contribution in [0.25, 0.3) is 0 Å². The van der Waals surface area contributed by atoms with Crippen molar-refractivity contribution < 1.29 is 13.2 Å². The molecule has 7 heteroatoms. The van der Waals surface area contributed by atoms with Gasteiger partial charge in [-0.25, -0.2) is 13.2 Å². The predicted molar refractivity (Wildman–Crippen MR) is 53.6 cm³/mol. The van der Waals surface area contributed by atoms with Gasteiger partial charge in [-0.05, 0) is 11.5 Å². The minimum absolute atomic E-state index is 0.157. The summed E-state index contributed by atoms with van der Waals surface area (Å²) in [6.45, 7) is 0.279. The summed E-state index contributed by atoms with van der Waals surface area (Å²) >= 11 is 1.17. The smallest absolute Gasteiger partial charge is 0.194 e. The van der Waals surface area contributed by atoms with E-state index in [1.165, 1.54) is 11.5 Å². The molecule has 1 aromatic carbocycles. The zero-order valence-electron chi connectivity index (χ0n) is 7.88. The highest BCUT2D eigenvalue weighted by Gasteiger charge is 2.10. The molecule has 84 valence electrons. The Kier molecular flexibility index (Phi) is 3.04. The third-order valence-corrected chi connectivity index (χ3v) is 2.42. The molecule has 0 spiro atoms. The number of benzene rings is 1. The minimum Gasteiger partial charge on any atom is -0.379 e. The number of nitrogens with one attached hydrogen (secondary N) is 1. The van der Waals surface area contributed by atoms with E-state index in [9.17, 15) is 13.2 Å². The molecule has 0 unspecified atom stereocenters. The standard InChI is InChI=1S/C9H6F3N3S/c10-7-1-5(2-8(11)9(7)12)13-3-6-4-16-15-14-6/h1-2,4,13H,3H2. The third-order valence-electron chi connectivity index (χ3n) is 1.86. The normalized spacial score (nSPS) is 10.4. The van der Waals surface area contributed by atoms with Crippen LogP contribution in [0.5, 0.6) is 0 Å². The molecule has 0 aliphatic carbocycles. The highest BCUT2D eigenvalue weighted by Crippen LogP contribution is 2.17. The summed E-state index contributed by atoms with van der Waals surface area (Å²) in [5, 5.41) is 8.15. The van der Waals surface area contributed by atoms with Crippen molar-refractivity contribution in [3.63, 3.8) is 0 Å². The first kappa shape index (κ1) is 10.9. The van der Waals surface area contributed by atoms with Crippen molar-refractivity contribution >= 4 is 17.2 Å². The maximum absolute atomic E-state index is 12.8. The second-order valence-electron chi connectivity index (χ2n) is 3.00. The molecule has 0 aliphatic rings. The molecule has 1 heterocycles. The second kappa shape index (κ2) is 4.48. The van der Waals surface area contributed by atoms with Crippen LogP contribution in [0.3, 0.4) is 0 Å². The van der Waals surface area contributed by atoms with Gasteiger partial charge in [0.1, 0.15) is 0 Å². The lowest BCUT2D eigenvalue weighted by Gasteiger charge is -2.05. The monoisotopic (exact) mass is 245 g/mol. The molecular weight excluding hydrogens is 239 g/mol. The van der Waals surface area contributed by atoms with E-state index in [2.05, 4.69) is 14.9 Å². The lowest BCUT2D eigenvalue weighted by Crippen LogP contribution is -2.02. The molecule has 0 saturated heterocycles. The Morgan fingerprint density at radius 2 is 1.88 bits per heavy atom. The molecular formula is C9H6F3N3S. The molecule has 1 aromatic heterocycles. The minimum atomic E-state index is -1.47. The van der Waals surface area contributed by atoms with Crippen molar-refractivity contribution in [2.75, 3.05) is 5.32 Å². The van der Waals surface area contributed by atoms with Crippen LogP contribution in [-0.4, -0.2) is 9.59 Å². The van der Waals surface area contributed by atoms with Gasteiger partial charge in [0.05, 0.1) is 12.2 Å². The van der Waals surface area contributed by atoms with Crippen molar-refractivity contribution in [1.29, 1.82) is 0 Å². The number of nitrogens with zero attached hydrogens (tertiary/aromatic N) is 2. The molecule has 2 rings (SSSR count). The molecule has 0 amide bonds. The van der Waals surface area contributed by atoms with Crippen LogP contribution in [0.4, 0.5) is 18.9 Å². The van der Waals surface area contributed by atoms with Gasteiger partial charge in [-0.2, -0.15) is 0 Å². The van der Waals surface area contributed by atoms with Gasteiger partial charge in [0.25, 0.3) is 0 Å². The Morgan fingerprint density at radius 1 is 1.19 bits per heavy atom. The van der Waals surface area contributed by atoms with Crippen LogP contribution >= 0.6 is 11.5 Å². The molecule has 0 atom stereocenters. The summed E-state index contributed by atoms with van der Waals surface area (Å²) in [7, 11) is 0. The summed E-state index contributed by atoms with van der Waals surface area (Å²) in [6, 6.07) is 1.77. The highest BCUT2D eigenvalue weighted by molar-refractivity contribution is 7.03. The molecule has 2 aromatic rings. The summed E-state index contributed by atoms with van der Waals surface area (Å²) in [5.41, 5.74) is 0.805. The first-order chi connectivity index (χ1) is 7.66. The Balaban J connectivity index is 2.10. The van der Waals surface area contributed by atoms with Crippen molar-refractivity contribution in [2.24, 2.45) is 0 Å². The number of rotatable bonds is 3. The Labute approximate surface area is 93.1 Å². The van der Waals surface area contributed by atoms with Crippen LogP contribution in [0, 0.1) is 17.5 Å². The number of hydrogen-bond acceptors (Lipinski definition) is 4. The van der Waals surface area contributed by atoms with Crippen LogP contribution in [0.15, 0.2) is 17.5 Å². The maximum Gasteiger partial charge on any atom is 0.194 e. The molecule has 16 heavy (non-hydrogen) atoms. The van der Waals surface area contributed by atoms with Gasteiger partial charge < -0.3 is 5.32 Å². The van der Waals surface area contributed by atoms with Crippen LogP contribution in [0.2, 0.25) is 0 Å². The zero-order valence-corrected chi connectivity index (χ0v) is 8.69. The molecule has 1 N–H and O–H groups in total. The summed E-state index contributed by atoms with van der Waals surface area (Å²) in [6.07, 6.45) is 0. The van der Waals surface area contributed by atoms with Gasteiger partial charge in [-0.3, -0.25) is 0 Å². The number of hydrogen-bond donors (Lipinski definition) is 1. The fraction of sp³-hybridized carbons (Fsp3) is 0.111. The van der Waals surface area contributed by atoms with Gasteiger partial charge in [0.2, 0.25) is 0 Å². The maximum atomic E-state index is 12.8. The van der Waals surface area contributed by atoms with Crippen LogP contribution in [0.1, 0.15) is 5.69 Å². The van der Waals surface area contributed by atoms with Gasteiger partial charge in [-0.15, -0.1) is 5.10 Å². The van der Waals surface area contributed by atoms with Crippen LogP contribution < -0.4 is 5.32 Å². The highest BCUT2D eigenvalue weighted by atomic mass is 32.1. The van der Waals surface area contributed by atoms with E-state index >= 15 is 0 Å². The number of halogens is 3. The summed E-state index contributed by atoms with van der Waals surface area (Å²) in [4.78, 5) is 0. The average molecular weight is 245 g/mol. The molecule has 3 nitrogen and oxygen atoms in total. The Morgan fingerprint density at radius 3 is 2.44 bits per heavy atom. The van der Waals surface area contributed by atoms with Gasteiger partial charge >= 0.3 is 0 Å². The second-order valence-corrected chi connectivity index (χ2v) is 3.61. The summed E-state index contributed by atoms with van der Waals surface area (Å²) < 4.78 is 41.9. The van der Waals surface area contributed by atoms with E-state index in [0.717, 1.165) is 12.1 Å². The van der Waals surface area contributed by atoms with Crippen molar-refractivity contribution in [3.8, 4) is 0 Å². The Bertz CT molecular complexity index is 464. The van der Waals surface area contributed by atoms with Crippen molar-refractivity contribution in [3.05, 3.63) is 40.7 Å². The lowest BCUT2D eigenvalue weighted by molar-refractivity contribution is 0.447. The number of anilines is 1. The van der Waals surface area contributed by atoms with E-state index in [1.54, 1.807) is 5.38 Å². The number of aromatic nitrogens is 2. The third kappa shape index (κ3) is 2.30. The molecule has 0 saturated carbocycles. The molecule has 0 aliphatic heterocycles. The van der Waals surface area contributed by atoms with E-state index in [1.807, 2.05) is 0 Å². The first-order valence-electron chi connectivity index (χ1n) is 4.31. The molecule has 0 radical (unpaired) electrons. The first-order valence-corrected chi connectivity index (χ1v) is 5.15. The van der Waals surface area contributed by atoms with Crippen LogP contribution in [-0.2, 0) is 6.54 Å². The fourth-order valence-corrected chi connectivity index (χ4v) is 1.56. The average Bonchev–Trinajstić information content (AvgIpc) is 2.75. The van der Waals surface area contributed by atoms with E-state index < -0.39 is 17.5 Å². The Hall–Kier alpha value is -1.63. The predicted octanol–water partition coefficient (Wildman–Crippen LogP) is 2.57. The fourth-order valence-electron chi connectivity index (χ4n) is 1.11. The largest absolute Gasteiger partial charge is 0.379 e. The van der Waals surface area contributed by atoms with E-state index in [4.69, 9.17) is 0 Å². The van der Waals surface area contributed by atoms with E-state index in [0.29, 0.717) is 5.69 Å². The van der Waals surface area contributed by atoms with Gasteiger partial charge in [0.15, 0.2) is 17.5 Å². The van der Waals surface area contributed by atoms with Crippen molar-refractivity contribution in [2.45, 2.75) is 6.54 Å². The topological polar surface area (TPSA) is 37.8 Å².